The van der Waals surface area contributed by atoms with Crippen molar-refractivity contribution in [3.05, 3.63) is 35.9 Å². The minimum Gasteiger partial charge on any atom is -0.459 e. The van der Waals surface area contributed by atoms with Crippen molar-refractivity contribution in [3.63, 3.8) is 0 Å². The van der Waals surface area contributed by atoms with E-state index >= 15 is 0 Å². The molecule has 100 valence electrons. The first kappa shape index (κ1) is 12.0. The van der Waals surface area contributed by atoms with Crippen molar-refractivity contribution in [2.75, 3.05) is 13.1 Å². The highest BCUT2D eigenvalue weighted by Crippen LogP contribution is 2.25. The number of aryl methyl sites for hydroxylation is 1. The van der Waals surface area contributed by atoms with E-state index in [2.05, 4.69) is 10.1 Å². The van der Waals surface area contributed by atoms with E-state index in [1.54, 1.807) is 24.0 Å². The number of hydrogen-bond donors (Lipinski definition) is 0. The van der Waals surface area contributed by atoms with E-state index in [0.29, 0.717) is 24.0 Å². The summed E-state index contributed by atoms with van der Waals surface area (Å²) in [5.74, 6) is 1.70. The Morgan fingerprint density at radius 3 is 3.11 bits per heavy atom. The standard InChI is InChI=1S/C13H15N3O3/c1-9-14-12(15-19-9)10-4-2-6-16(8-10)13(17)11-5-3-7-18-11/h3,5,7,10H,2,4,6,8H2,1H3/t10-/m1/s1. The van der Waals surface area contributed by atoms with Crippen LogP contribution in [0.15, 0.2) is 27.3 Å². The number of amides is 1. The third-order valence-corrected chi connectivity index (χ3v) is 3.35. The maximum absolute atomic E-state index is 12.2. The molecule has 1 aliphatic heterocycles. The Bertz CT molecular complexity index is 561. The summed E-state index contributed by atoms with van der Waals surface area (Å²) in [6, 6.07) is 3.40. The monoisotopic (exact) mass is 261 g/mol. The Morgan fingerprint density at radius 1 is 1.53 bits per heavy atom. The van der Waals surface area contributed by atoms with E-state index in [9.17, 15) is 4.79 Å². The van der Waals surface area contributed by atoms with Gasteiger partial charge in [0.05, 0.1) is 6.26 Å². The number of furan rings is 1. The van der Waals surface area contributed by atoms with Crippen molar-refractivity contribution >= 4 is 5.91 Å². The van der Waals surface area contributed by atoms with E-state index in [1.807, 2.05) is 0 Å². The maximum atomic E-state index is 12.2. The predicted octanol–water partition coefficient (Wildman–Crippen LogP) is 1.99. The van der Waals surface area contributed by atoms with Crippen LogP contribution in [0.3, 0.4) is 0 Å². The van der Waals surface area contributed by atoms with Crippen LogP contribution in [0, 0.1) is 6.92 Å². The fourth-order valence-corrected chi connectivity index (χ4v) is 2.41. The van der Waals surface area contributed by atoms with Crippen LogP contribution in [0.1, 0.15) is 41.0 Å². The smallest absolute Gasteiger partial charge is 0.289 e. The Morgan fingerprint density at radius 2 is 2.42 bits per heavy atom. The first-order valence-corrected chi connectivity index (χ1v) is 6.37. The van der Waals surface area contributed by atoms with Crippen molar-refractivity contribution in [1.82, 2.24) is 15.0 Å². The maximum Gasteiger partial charge on any atom is 0.289 e. The summed E-state index contributed by atoms with van der Waals surface area (Å²) in [5.41, 5.74) is 0. The highest BCUT2D eigenvalue weighted by molar-refractivity contribution is 5.91. The van der Waals surface area contributed by atoms with E-state index in [0.717, 1.165) is 19.4 Å². The van der Waals surface area contributed by atoms with Gasteiger partial charge in [-0.2, -0.15) is 4.98 Å². The van der Waals surface area contributed by atoms with Gasteiger partial charge >= 0.3 is 0 Å². The molecule has 1 atom stereocenters. The highest BCUT2D eigenvalue weighted by Gasteiger charge is 2.29. The van der Waals surface area contributed by atoms with Gasteiger partial charge in [-0.05, 0) is 25.0 Å². The van der Waals surface area contributed by atoms with Gasteiger partial charge in [0.15, 0.2) is 11.6 Å². The van der Waals surface area contributed by atoms with Crippen LogP contribution in [-0.2, 0) is 0 Å². The normalized spacial score (nSPS) is 19.6. The van der Waals surface area contributed by atoms with Crippen LogP contribution in [0.2, 0.25) is 0 Å². The lowest BCUT2D eigenvalue weighted by Gasteiger charge is -2.30. The summed E-state index contributed by atoms with van der Waals surface area (Å²) >= 11 is 0. The predicted molar refractivity (Wildman–Crippen MR) is 65.6 cm³/mol. The lowest BCUT2D eigenvalue weighted by Crippen LogP contribution is -2.39. The molecule has 0 N–H and O–H groups in total. The molecule has 19 heavy (non-hydrogen) atoms. The zero-order valence-corrected chi connectivity index (χ0v) is 10.7. The lowest BCUT2D eigenvalue weighted by molar-refractivity contribution is 0.0671. The SMILES string of the molecule is Cc1nc([C@@H]2CCCN(C(=O)c3ccco3)C2)no1. The molecule has 0 aliphatic carbocycles. The average molecular weight is 261 g/mol. The van der Waals surface area contributed by atoms with Gasteiger partial charge in [-0.1, -0.05) is 5.16 Å². The number of carbonyl (C=O) groups excluding carboxylic acids is 1. The summed E-state index contributed by atoms with van der Waals surface area (Å²) in [6.45, 7) is 3.12. The molecule has 1 saturated heterocycles. The summed E-state index contributed by atoms with van der Waals surface area (Å²) in [7, 11) is 0. The van der Waals surface area contributed by atoms with Gasteiger partial charge in [-0.3, -0.25) is 4.79 Å². The molecule has 0 aromatic carbocycles. The van der Waals surface area contributed by atoms with Crippen molar-refractivity contribution in [2.45, 2.75) is 25.7 Å². The fourth-order valence-electron chi connectivity index (χ4n) is 2.41. The number of hydrogen-bond acceptors (Lipinski definition) is 5. The van der Waals surface area contributed by atoms with Crippen LogP contribution in [0.4, 0.5) is 0 Å². The summed E-state index contributed by atoms with van der Waals surface area (Å²) < 4.78 is 10.2. The minimum absolute atomic E-state index is 0.0742. The number of piperidine rings is 1. The van der Waals surface area contributed by atoms with E-state index in [4.69, 9.17) is 8.94 Å². The molecule has 2 aromatic heterocycles. The van der Waals surface area contributed by atoms with Gasteiger partial charge in [-0.25, -0.2) is 0 Å². The van der Waals surface area contributed by atoms with Gasteiger partial charge in [0, 0.05) is 25.9 Å². The number of carbonyl (C=O) groups is 1. The third kappa shape index (κ3) is 2.38. The van der Waals surface area contributed by atoms with Gasteiger partial charge < -0.3 is 13.8 Å². The zero-order valence-electron chi connectivity index (χ0n) is 10.7. The molecule has 0 radical (unpaired) electrons. The van der Waals surface area contributed by atoms with Crippen molar-refractivity contribution in [3.8, 4) is 0 Å². The first-order valence-electron chi connectivity index (χ1n) is 6.37. The molecular weight excluding hydrogens is 246 g/mol. The molecule has 0 unspecified atom stereocenters. The van der Waals surface area contributed by atoms with Crippen LogP contribution < -0.4 is 0 Å². The minimum atomic E-state index is -0.0742. The third-order valence-electron chi connectivity index (χ3n) is 3.35. The molecule has 0 spiro atoms. The zero-order chi connectivity index (χ0) is 13.2. The number of nitrogens with zero attached hydrogens (tertiary/aromatic N) is 3. The molecule has 1 aliphatic rings. The summed E-state index contributed by atoms with van der Waals surface area (Å²) in [5, 5.41) is 3.95. The molecular formula is C13H15N3O3. The average Bonchev–Trinajstić information content (AvgIpc) is 3.09. The Labute approximate surface area is 110 Å². The molecule has 0 saturated carbocycles. The summed E-state index contributed by atoms with van der Waals surface area (Å²) in [4.78, 5) is 18.3. The van der Waals surface area contributed by atoms with Crippen LogP contribution in [0.5, 0.6) is 0 Å². The molecule has 3 rings (SSSR count). The first-order chi connectivity index (χ1) is 9.24. The van der Waals surface area contributed by atoms with Crippen LogP contribution in [-0.4, -0.2) is 34.0 Å². The van der Waals surface area contributed by atoms with E-state index < -0.39 is 0 Å². The highest BCUT2D eigenvalue weighted by atomic mass is 16.5. The Hall–Kier alpha value is -2.11. The Balaban J connectivity index is 1.73. The second-order valence-corrected chi connectivity index (χ2v) is 4.74. The van der Waals surface area contributed by atoms with Gasteiger partial charge in [0.1, 0.15) is 0 Å². The van der Waals surface area contributed by atoms with E-state index in [1.165, 1.54) is 6.26 Å². The van der Waals surface area contributed by atoms with Gasteiger partial charge in [0.2, 0.25) is 5.89 Å². The number of aromatic nitrogens is 2. The quantitative estimate of drug-likeness (QED) is 0.826. The van der Waals surface area contributed by atoms with Crippen LogP contribution in [0.25, 0.3) is 0 Å². The second kappa shape index (κ2) is 4.87. The molecule has 6 heteroatoms. The van der Waals surface area contributed by atoms with E-state index in [-0.39, 0.29) is 11.8 Å². The molecule has 0 bridgehead atoms. The fraction of sp³-hybridized carbons (Fsp3) is 0.462. The van der Waals surface area contributed by atoms with Crippen LogP contribution >= 0.6 is 0 Å². The van der Waals surface area contributed by atoms with Gasteiger partial charge in [-0.15, -0.1) is 0 Å². The topological polar surface area (TPSA) is 72.4 Å². The van der Waals surface area contributed by atoms with Crippen molar-refractivity contribution in [1.29, 1.82) is 0 Å². The molecule has 2 aromatic rings. The second-order valence-electron chi connectivity index (χ2n) is 4.74. The molecule has 1 fully saturated rings. The molecule has 3 heterocycles. The largest absolute Gasteiger partial charge is 0.459 e. The molecule has 1 amide bonds. The van der Waals surface area contributed by atoms with Crippen molar-refractivity contribution in [2.24, 2.45) is 0 Å². The Kier molecular flexibility index (Phi) is 3.06. The number of likely N-dealkylation sites (tertiary alicyclic amines) is 1. The lowest BCUT2D eigenvalue weighted by atomic mass is 9.97. The van der Waals surface area contributed by atoms with Crippen molar-refractivity contribution < 1.29 is 13.7 Å². The number of rotatable bonds is 2. The van der Waals surface area contributed by atoms with Gasteiger partial charge in [0.25, 0.3) is 5.91 Å². The molecule has 6 nitrogen and oxygen atoms in total. The summed E-state index contributed by atoms with van der Waals surface area (Å²) in [6.07, 6.45) is 3.42.